The van der Waals surface area contributed by atoms with Gasteiger partial charge in [0.15, 0.2) is 0 Å². The van der Waals surface area contributed by atoms with Crippen LogP contribution >= 0.6 is 0 Å². The van der Waals surface area contributed by atoms with E-state index in [0.29, 0.717) is 5.92 Å². The lowest BCUT2D eigenvalue weighted by molar-refractivity contribution is -0.394. The van der Waals surface area contributed by atoms with E-state index in [0.717, 1.165) is 37.8 Å². The summed E-state index contributed by atoms with van der Waals surface area (Å²) >= 11 is 0. The zero-order chi connectivity index (χ0) is 18.0. The summed E-state index contributed by atoms with van der Waals surface area (Å²) in [5.41, 5.74) is -0.664. The second-order valence-electron chi connectivity index (χ2n) is 6.48. The van der Waals surface area contributed by atoms with Gasteiger partial charge in [0.05, 0.1) is 21.5 Å². The van der Waals surface area contributed by atoms with E-state index in [9.17, 15) is 25.0 Å². The van der Waals surface area contributed by atoms with Crippen molar-refractivity contribution < 1.29 is 14.6 Å². The van der Waals surface area contributed by atoms with Crippen LogP contribution in [0.15, 0.2) is 12.1 Å². The molecular weight excluding hydrogens is 314 g/mol. The van der Waals surface area contributed by atoms with Crippen molar-refractivity contribution in [1.29, 1.82) is 0 Å². The predicted octanol–water partition coefficient (Wildman–Crippen LogP) is 3.46. The van der Waals surface area contributed by atoms with Gasteiger partial charge in [-0.25, -0.2) is 0 Å². The lowest BCUT2D eigenvalue weighted by Gasteiger charge is -2.33. The quantitative estimate of drug-likeness (QED) is 0.618. The first-order chi connectivity index (χ1) is 11.2. The lowest BCUT2D eigenvalue weighted by Crippen LogP contribution is -2.39. The van der Waals surface area contributed by atoms with Crippen LogP contribution in [0.4, 0.5) is 11.4 Å². The van der Waals surface area contributed by atoms with Crippen LogP contribution in [-0.2, 0) is 0 Å². The Kier molecular flexibility index (Phi) is 5.16. The number of nitro groups is 2. The standard InChI is InChI=1S/C16H21N3O5/c1-10-4-6-12(7-5-10)17(3)16(20)14-8-13(18(21)22)9-15(11(14)2)19(23)24/h8-10,12H,4-7H2,1-3H3. The van der Waals surface area contributed by atoms with Gasteiger partial charge in [-0.15, -0.1) is 0 Å². The molecule has 8 nitrogen and oxygen atoms in total. The smallest absolute Gasteiger partial charge is 0.279 e. The van der Waals surface area contributed by atoms with Crippen LogP contribution in [-0.4, -0.2) is 33.7 Å². The molecule has 1 saturated carbocycles. The number of amides is 1. The van der Waals surface area contributed by atoms with Gasteiger partial charge < -0.3 is 4.90 Å². The molecule has 0 radical (unpaired) electrons. The summed E-state index contributed by atoms with van der Waals surface area (Å²) in [5.74, 6) is 0.226. The maximum Gasteiger partial charge on any atom is 0.279 e. The van der Waals surface area contributed by atoms with Gasteiger partial charge in [-0.1, -0.05) is 6.92 Å². The second-order valence-corrected chi connectivity index (χ2v) is 6.48. The first kappa shape index (κ1) is 17.8. The largest absolute Gasteiger partial charge is 0.339 e. The molecule has 0 atom stereocenters. The molecule has 2 rings (SSSR count). The maximum atomic E-state index is 12.8. The predicted molar refractivity (Wildman–Crippen MR) is 88.0 cm³/mol. The van der Waals surface area contributed by atoms with Gasteiger partial charge in [0, 0.05) is 24.7 Å². The Bertz CT molecular complexity index is 681. The van der Waals surface area contributed by atoms with Crippen molar-refractivity contribution in [2.75, 3.05) is 7.05 Å². The highest BCUT2D eigenvalue weighted by Crippen LogP contribution is 2.31. The fraction of sp³-hybridized carbons (Fsp3) is 0.562. The van der Waals surface area contributed by atoms with Crippen molar-refractivity contribution >= 4 is 17.3 Å². The fourth-order valence-electron chi connectivity index (χ4n) is 3.19. The van der Waals surface area contributed by atoms with Gasteiger partial charge in [-0.3, -0.25) is 25.0 Å². The Balaban J connectivity index is 2.37. The molecule has 1 fully saturated rings. The van der Waals surface area contributed by atoms with Crippen LogP contribution in [0.25, 0.3) is 0 Å². The van der Waals surface area contributed by atoms with E-state index in [2.05, 4.69) is 6.92 Å². The minimum absolute atomic E-state index is 0.0250. The van der Waals surface area contributed by atoms with E-state index in [1.165, 1.54) is 6.92 Å². The van der Waals surface area contributed by atoms with Crippen LogP contribution in [0.3, 0.4) is 0 Å². The summed E-state index contributed by atoms with van der Waals surface area (Å²) < 4.78 is 0. The van der Waals surface area contributed by atoms with E-state index in [1.807, 2.05) is 0 Å². The van der Waals surface area contributed by atoms with Crippen molar-refractivity contribution in [2.24, 2.45) is 5.92 Å². The SMILES string of the molecule is Cc1c(C(=O)N(C)C2CCC(C)CC2)cc([N+](=O)[O-])cc1[N+](=O)[O-]. The van der Waals surface area contributed by atoms with E-state index >= 15 is 0 Å². The van der Waals surface area contributed by atoms with Gasteiger partial charge >= 0.3 is 0 Å². The van der Waals surface area contributed by atoms with Crippen molar-refractivity contribution in [1.82, 2.24) is 4.90 Å². The first-order valence-electron chi connectivity index (χ1n) is 7.93. The molecule has 1 aliphatic rings. The summed E-state index contributed by atoms with van der Waals surface area (Å²) in [7, 11) is 1.66. The minimum Gasteiger partial charge on any atom is -0.339 e. The van der Waals surface area contributed by atoms with Crippen molar-refractivity contribution in [2.45, 2.75) is 45.6 Å². The highest BCUT2D eigenvalue weighted by molar-refractivity contribution is 5.97. The number of hydrogen-bond donors (Lipinski definition) is 0. The van der Waals surface area contributed by atoms with E-state index in [4.69, 9.17) is 0 Å². The van der Waals surface area contributed by atoms with Crippen LogP contribution in [0, 0.1) is 33.1 Å². The van der Waals surface area contributed by atoms with Gasteiger partial charge in [0.1, 0.15) is 0 Å². The normalized spacial score (nSPS) is 20.5. The van der Waals surface area contributed by atoms with E-state index in [-0.39, 0.29) is 17.2 Å². The summed E-state index contributed by atoms with van der Waals surface area (Å²) in [4.78, 5) is 35.1. The minimum atomic E-state index is -0.717. The topological polar surface area (TPSA) is 107 Å². The molecule has 0 unspecified atom stereocenters. The fourth-order valence-corrected chi connectivity index (χ4v) is 3.19. The average Bonchev–Trinajstić information content (AvgIpc) is 2.54. The van der Waals surface area contributed by atoms with Crippen molar-refractivity contribution in [3.05, 3.63) is 43.5 Å². The Morgan fingerprint density at radius 2 is 1.71 bits per heavy atom. The molecule has 8 heteroatoms. The molecule has 0 aliphatic heterocycles. The Morgan fingerprint density at radius 3 is 2.21 bits per heavy atom. The molecule has 0 bridgehead atoms. The number of nitro benzene ring substituents is 2. The van der Waals surface area contributed by atoms with E-state index < -0.39 is 27.1 Å². The number of benzene rings is 1. The number of hydrogen-bond acceptors (Lipinski definition) is 5. The summed E-state index contributed by atoms with van der Waals surface area (Å²) in [6, 6.07) is 2.09. The van der Waals surface area contributed by atoms with Gasteiger partial charge in [0.2, 0.25) is 0 Å². The molecule has 130 valence electrons. The van der Waals surface area contributed by atoms with E-state index in [1.54, 1.807) is 11.9 Å². The molecule has 24 heavy (non-hydrogen) atoms. The molecule has 0 spiro atoms. The Labute approximate surface area is 139 Å². The number of non-ortho nitro benzene ring substituents is 1. The highest BCUT2D eigenvalue weighted by atomic mass is 16.6. The summed E-state index contributed by atoms with van der Waals surface area (Å²) in [6.45, 7) is 3.62. The first-order valence-corrected chi connectivity index (χ1v) is 7.93. The van der Waals surface area contributed by atoms with Crippen LogP contribution < -0.4 is 0 Å². The number of nitrogens with zero attached hydrogens (tertiary/aromatic N) is 3. The molecule has 0 heterocycles. The van der Waals surface area contributed by atoms with Gasteiger partial charge in [-0.05, 0) is 38.5 Å². The van der Waals surface area contributed by atoms with Crippen molar-refractivity contribution in [3.63, 3.8) is 0 Å². The Hall–Kier alpha value is -2.51. The monoisotopic (exact) mass is 335 g/mol. The van der Waals surface area contributed by atoms with Crippen LogP contribution in [0.5, 0.6) is 0 Å². The molecule has 1 aromatic carbocycles. The highest BCUT2D eigenvalue weighted by Gasteiger charge is 2.30. The molecule has 1 aromatic rings. The molecule has 1 amide bonds. The number of carbonyl (C=O) groups is 1. The molecule has 1 aliphatic carbocycles. The zero-order valence-corrected chi connectivity index (χ0v) is 14.0. The number of rotatable bonds is 4. The van der Waals surface area contributed by atoms with Crippen LogP contribution in [0.1, 0.15) is 48.5 Å². The average molecular weight is 335 g/mol. The molecule has 0 N–H and O–H groups in total. The van der Waals surface area contributed by atoms with Crippen molar-refractivity contribution in [3.8, 4) is 0 Å². The third-order valence-corrected chi connectivity index (χ3v) is 4.86. The maximum absolute atomic E-state index is 12.8. The summed E-state index contributed by atoms with van der Waals surface area (Å²) in [6.07, 6.45) is 3.80. The Morgan fingerprint density at radius 1 is 1.12 bits per heavy atom. The summed E-state index contributed by atoms with van der Waals surface area (Å²) in [5, 5.41) is 22.2. The molecule has 0 saturated heterocycles. The van der Waals surface area contributed by atoms with Gasteiger partial charge in [0.25, 0.3) is 17.3 Å². The van der Waals surface area contributed by atoms with Gasteiger partial charge in [-0.2, -0.15) is 0 Å². The number of carbonyl (C=O) groups excluding carboxylic acids is 1. The lowest BCUT2D eigenvalue weighted by atomic mass is 9.86. The zero-order valence-electron chi connectivity index (χ0n) is 14.0. The second kappa shape index (κ2) is 6.94. The third-order valence-electron chi connectivity index (χ3n) is 4.86. The molecule has 0 aromatic heterocycles. The van der Waals surface area contributed by atoms with Crippen LogP contribution in [0.2, 0.25) is 0 Å². The third kappa shape index (κ3) is 3.52. The molecular formula is C16H21N3O5.